The largest absolute Gasteiger partial charge is 0.262 e. The Morgan fingerprint density at radius 1 is 0.857 bits per heavy atom. The summed E-state index contributed by atoms with van der Waals surface area (Å²) < 4.78 is 1.43. The average molecular weight is 548 g/mol. The fraction of sp³-hybridized carbons (Fsp3) is 0.667. The van der Waals surface area contributed by atoms with Gasteiger partial charge in [-0.25, -0.2) is 0 Å². The molecule has 0 heterocycles. The summed E-state index contributed by atoms with van der Waals surface area (Å²) in [6.07, 6.45) is 5.77. The van der Waals surface area contributed by atoms with Crippen LogP contribution >= 0.6 is 48.0 Å². The summed E-state index contributed by atoms with van der Waals surface area (Å²) in [5.41, 5.74) is 7.66. The van der Waals surface area contributed by atoms with Gasteiger partial charge in [0.25, 0.3) is 0 Å². The molecule has 0 aliphatic rings. The smallest absolute Gasteiger partial charge is 0.153 e. The number of nitrogens with zero attached hydrogens (tertiary/aromatic N) is 2. The molecule has 0 bridgehead atoms. The third kappa shape index (κ3) is 20.5. The minimum Gasteiger partial charge on any atom is -0.262 e. The van der Waals surface area contributed by atoms with Gasteiger partial charge in [-0.15, -0.1) is 0 Å². The summed E-state index contributed by atoms with van der Waals surface area (Å²) in [5.74, 6) is 0. The normalized spacial score (nSPS) is 10.8. The molecule has 0 aromatic heterocycles. The monoisotopic (exact) mass is 547 g/mol. The fourth-order valence-corrected chi connectivity index (χ4v) is 0.897. The zero-order valence-corrected chi connectivity index (χ0v) is 18.8. The molecule has 0 aliphatic carbocycles. The van der Waals surface area contributed by atoms with Gasteiger partial charge in [0.05, 0.1) is 0 Å². The Balaban J connectivity index is -0.000000295. The molecule has 0 aromatic rings. The van der Waals surface area contributed by atoms with E-state index < -0.39 is 0 Å². The molecule has 2 N–H and O–H groups in total. The number of hydrogen-bond acceptors (Lipinski definition) is 6. The van der Waals surface area contributed by atoms with Gasteiger partial charge in [0.2, 0.25) is 0 Å². The minimum absolute atomic E-state index is 0. The first kappa shape index (κ1) is 26.4. The molecule has 0 aliphatic heterocycles. The second-order valence-corrected chi connectivity index (χ2v) is 6.57. The second-order valence-electron chi connectivity index (χ2n) is 3.61. The van der Waals surface area contributed by atoms with Crippen LogP contribution in [0.4, 0.5) is 0 Å². The predicted octanol–water partition coefficient (Wildman–Crippen LogP) is 4.02. The minimum atomic E-state index is 0. The Hall–Kier alpha value is 0.508. The number of thiocarbonyl (C=S) groups is 2. The number of rotatable bonds is 4. The number of nitrogens with one attached hydrogen (secondary N) is 2. The molecule has 0 atom stereocenters. The number of hydrazone groups is 2. The maximum atomic E-state index is 4.87. The van der Waals surface area contributed by atoms with E-state index in [9.17, 15) is 0 Å². The first-order chi connectivity index (χ1) is 9.40. The van der Waals surface area contributed by atoms with Crippen LogP contribution in [0, 0.1) is 0 Å². The zero-order chi connectivity index (χ0) is 16.0. The van der Waals surface area contributed by atoms with Crippen molar-refractivity contribution in [3.63, 3.8) is 0 Å². The molecule has 9 heteroatoms. The Bertz CT molecular complexity index is 325. The van der Waals surface area contributed by atoms with Crippen molar-refractivity contribution in [2.45, 2.75) is 40.5 Å². The first-order valence-electron chi connectivity index (χ1n) is 6.15. The summed E-state index contributed by atoms with van der Waals surface area (Å²) in [6.45, 7) is 8.05. The molecule has 4 nitrogen and oxygen atoms in total. The summed E-state index contributed by atoms with van der Waals surface area (Å²) in [7, 11) is 0. The molecule has 0 rings (SSSR count). The van der Waals surface area contributed by atoms with Gasteiger partial charge in [-0.05, 0) is 39.2 Å². The Morgan fingerprint density at radius 3 is 1.33 bits per heavy atom. The molecule has 126 valence electrons. The van der Waals surface area contributed by atoms with Gasteiger partial charge in [0.1, 0.15) is 0 Å². The van der Waals surface area contributed by atoms with Gasteiger partial charge in [-0.2, -0.15) is 10.2 Å². The zero-order valence-electron chi connectivity index (χ0n) is 13.3. The van der Waals surface area contributed by atoms with E-state index in [4.69, 9.17) is 24.4 Å². The summed E-state index contributed by atoms with van der Waals surface area (Å²) in [4.78, 5) is 0. The number of thioether (sulfide) groups is 2. The van der Waals surface area contributed by atoms with Crippen LogP contribution in [0.5, 0.6) is 0 Å². The van der Waals surface area contributed by atoms with E-state index in [0.717, 1.165) is 24.3 Å². The molecule has 0 spiro atoms. The van der Waals surface area contributed by atoms with E-state index in [1.807, 2.05) is 26.4 Å². The van der Waals surface area contributed by atoms with Crippen molar-refractivity contribution in [3.05, 3.63) is 0 Å². The van der Waals surface area contributed by atoms with Gasteiger partial charge >= 0.3 is 0 Å². The second kappa shape index (κ2) is 18.6. The molecule has 0 aromatic carbocycles. The molecule has 0 unspecified atom stereocenters. The van der Waals surface area contributed by atoms with E-state index >= 15 is 0 Å². The van der Waals surface area contributed by atoms with E-state index in [1.165, 1.54) is 23.5 Å². The standard InChI is InChI=1S/2C6H12N2S2.Pt/c2*1-4-5(2)7-8-6(9)10-3;/h2*4H2,1-3H3,(H,8,9);. The van der Waals surface area contributed by atoms with Crippen molar-refractivity contribution in [2.75, 3.05) is 12.5 Å². The summed E-state index contributed by atoms with van der Waals surface area (Å²) >= 11 is 12.7. The van der Waals surface area contributed by atoms with Crippen molar-refractivity contribution >= 4 is 68.0 Å². The Labute approximate surface area is 162 Å². The maximum Gasteiger partial charge on any atom is 0.153 e. The maximum absolute atomic E-state index is 4.87. The van der Waals surface area contributed by atoms with Gasteiger partial charge in [0, 0.05) is 32.5 Å². The predicted molar refractivity (Wildman–Crippen MR) is 105 cm³/mol. The van der Waals surface area contributed by atoms with E-state index in [0.29, 0.717) is 8.64 Å². The van der Waals surface area contributed by atoms with Gasteiger partial charge < -0.3 is 0 Å². The topological polar surface area (TPSA) is 48.8 Å². The average Bonchev–Trinajstić information content (AvgIpc) is 2.49. The van der Waals surface area contributed by atoms with Gasteiger partial charge in [0.15, 0.2) is 8.64 Å². The van der Waals surface area contributed by atoms with Crippen LogP contribution < -0.4 is 10.9 Å². The van der Waals surface area contributed by atoms with Crippen LogP contribution in [-0.2, 0) is 21.1 Å². The van der Waals surface area contributed by atoms with Gasteiger partial charge in [-0.3, -0.25) is 10.9 Å². The van der Waals surface area contributed by atoms with Crippen molar-refractivity contribution in [1.82, 2.24) is 10.9 Å². The van der Waals surface area contributed by atoms with Crippen LogP contribution in [0.25, 0.3) is 0 Å². The van der Waals surface area contributed by atoms with Crippen LogP contribution in [0.2, 0.25) is 0 Å². The Morgan fingerprint density at radius 2 is 1.14 bits per heavy atom. The summed E-state index contributed by atoms with van der Waals surface area (Å²) in [5, 5.41) is 8.04. The van der Waals surface area contributed by atoms with Crippen LogP contribution in [0.15, 0.2) is 10.2 Å². The van der Waals surface area contributed by atoms with Crippen molar-refractivity contribution in [1.29, 1.82) is 0 Å². The van der Waals surface area contributed by atoms with Crippen LogP contribution in [-0.4, -0.2) is 32.6 Å². The van der Waals surface area contributed by atoms with Crippen molar-refractivity contribution in [3.8, 4) is 0 Å². The van der Waals surface area contributed by atoms with Crippen molar-refractivity contribution < 1.29 is 21.1 Å². The molecule has 0 saturated heterocycles. The molecule has 0 amide bonds. The van der Waals surface area contributed by atoms with E-state index in [2.05, 4.69) is 34.9 Å². The number of hydrogen-bond donors (Lipinski definition) is 2. The Kier molecular flexibility index (Phi) is 23.3. The SMILES string of the molecule is CCC(C)=NNC(=S)SC.CCC(C)=NNC(=S)SC.[Pt]. The third-order valence-corrected chi connectivity index (χ3v) is 4.18. The molecule has 0 fully saturated rings. The van der Waals surface area contributed by atoms with E-state index in [-0.39, 0.29) is 21.1 Å². The van der Waals surface area contributed by atoms with Crippen LogP contribution in [0.3, 0.4) is 0 Å². The van der Waals surface area contributed by atoms with Gasteiger partial charge in [-0.1, -0.05) is 61.8 Å². The molecular weight excluding hydrogens is 524 g/mol. The molecule has 21 heavy (non-hydrogen) atoms. The molecular formula is C12H24N4PtS4. The van der Waals surface area contributed by atoms with Crippen molar-refractivity contribution in [2.24, 2.45) is 10.2 Å². The first-order valence-corrected chi connectivity index (χ1v) is 9.41. The molecule has 0 radical (unpaired) electrons. The fourth-order valence-electron chi connectivity index (χ4n) is 0.532. The quantitative estimate of drug-likeness (QED) is 0.315. The molecule has 0 saturated carbocycles. The third-order valence-electron chi connectivity index (χ3n) is 2.07. The van der Waals surface area contributed by atoms with Crippen LogP contribution in [0.1, 0.15) is 40.5 Å². The summed E-state index contributed by atoms with van der Waals surface area (Å²) in [6, 6.07) is 0. The van der Waals surface area contributed by atoms with E-state index in [1.54, 1.807) is 0 Å².